The Labute approximate surface area is 128 Å². The molecule has 0 bridgehead atoms. The fraction of sp³-hybridized carbons (Fsp3) is 0.667. The third-order valence-electron chi connectivity index (χ3n) is 4.60. The Morgan fingerprint density at radius 2 is 1.90 bits per heavy atom. The predicted octanol–water partition coefficient (Wildman–Crippen LogP) is 3.16. The van der Waals surface area contributed by atoms with E-state index in [2.05, 4.69) is 36.1 Å². The first-order chi connectivity index (χ1) is 10.3. The summed E-state index contributed by atoms with van der Waals surface area (Å²) >= 11 is 0. The predicted molar refractivity (Wildman–Crippen MR) is 84.4 cm³/mol. The van der Waals surface area contributed by atoms with Crippen LogP contribution in [0.4, 0.5) is 0 Å². The fourth-order valence-electron chi connectivity index (χ4n) is 3.20. The van der Waals surface area contributed by atoms with Crippen molar-refractivity contribution in [1.82, 2.24) is 4.90 Å². The van der Waals surface area contributed by atoms with Crippen LogP contribution in [0.15, 0.2) is 24.3 Å². The molecule has 0 aromatic heterocycles. The summed E-state index contributed by atoms with van der Waals surface area (Å²) < 4.78 is 11.6. The summed E-state index contributed by atoms with van der Waals surface area (Å²) in [4.78, 5) is 2.54. The van der Waals surface area contributed by atoms with Crippen molar-refractivity contribution in [3.8, 4) is 0 Å². The van der Waals surface area contributed by atoms with E-state index >= 15 is 0 Å². The molecular formula is C18H27NO2. The zero-order chi connectivity index (χ0) is 14.5. The first kappa shape index (κ1) is 15.0. The molecule has 0 N–H and O–H groups in total. The summed E-state index contributed by atoms with van der Waals surface area (Å²) in [5.41, 5.74) is 2.75. The van der Waals surface area contributed by atoms with Crippen molar-refractivity contribution < 1.29 is 9.47 Å². The number of hydrogen-bond donors (Lipinski definition) is 0. The molecule has 0 saturated carbocycles. The SMILES string of the molecule is Cc1ccc(CN2CCC(OC[C@@H]3CCCO3)CC2)cc1. The molecule has 0 spiro atoms. The molecule has 3 heteroatoms. The highest BCUT2D eigenvalue weighted by Gasteiger charge is 2.22. The van der Waals surface area contributed by atoms with E-state index in [1.165, 1.54) is 24.0 Å². The van der Waals surface area contributed by atoms with Crippen LogP contribution in [0.5, 0.6) is 0 Å². The number of aryl methyl sites for hydroxylation is 1. The highest BCUT2D eigenvalue weighted by molar-refractivity contribution is 5.21. The molecule has 1 atom stereocenters. The lowest BCUT2D eigenvalue weighted by Crippen LogP contribution is -2.37. The van der Waals surface area contributed by atoms with Crippen LogP contribution in [0, 0.1) is 6.92 Å². The molecule has 0 radical (unpaired) electrons. The van der Waals surface area contributed by atoms with Gasteiger partial charge in [-0.15, -0.1) is 0 Å². The molecule has 2 saturated heterocycles. The molecular weight excluding hydrogens is 262 g/mol. The number of hydrogen-bond acceptors (Lipinski definition) is 3. The van der Waals surface area contributed by atoms with Gasteiger partial charge >= 0.3 is 0 Å². The highest BCUT2D eigenvalue weighted by Crippen LogP contribution is 2.19. The van der Waals surface area contributed by atoms with Crippen LogP contribution in [0.3, 0.4) is 0 Å². The van der Waals surface area contributed by atoms with E-state index in [1.807, 2.05) is 0 Å². The molecule has 3 rings (SSSR count). The Hall–Kier alpha value is -0.900. The molecule has 0 aliphatic carbocycles. The summed E-state index contributed by atoms with van der Waals surface area (Å²) in [5.74, 6) is 0. The summed E-state index contributed by atoms with van der Waals surface area (Å²) in [6.45, 7) is 7.21. The Balaban J connectivity index is 1.37. The fourth-order valence-corrected chi connectivity index (χ4v) is 3.20. The second kappa shape index (κ2) is 7.39. The van der Waals surface area contributed by atoms with Crippen molar-refractivity contribution >= 4 is 0 Å². The molecule has 21 heavy (non-hydrogen) atoms. The lowest BCUT2D eigenvalue weighted by atomic mass is 10.1. The minimum atomic E-state index is 0.357. The van der Waals surface area contributed by atoms with Gasteiger partial charge in [-0.05, 0) is 38.2 Å². The first-order valence-electron chi connectivity index (χ1n) is 8.31. The zero-order valence-electron chi connectivity index (χ0n) is 13.1. The standard InChI is InChI=1S/C18H27NO2/c1-15-4-6-16(7-5-15)13-19-10-8-17(9-11-19)21-14-18-3-2-12-20-18/h4-7,17-18H,2-3,8-14H2,1H3/t18-/m0/s1. The Morgan fingerprint density at radius 3 is 2.57 bits per heavy atom. The van der Waals surface area contributed by atoms with E-state index in [-0.39, 0.29) is 0 Å². The van der Waals surface area contributed by atoms with Crippen LogP contribution >= 0.6 is 0 Å². The van der Waals surface area contributed by atoms with E-state index < -0.39 is 0 Å². The second-order valence-electron chi connectivity index (χ2n) is 6.43. The molecule has 116 valence electrons. The lowest BCUT2D eigenvalue weighted by molar-refractivity contribution is -0.0426. The first-order valence-corrected chi connectivity index (χ1v) is 8.31. The number of rotatable bonds is 5. The summed E-state index contributed by atoms with van der Waals surface area (Å²) in [7, 11) is 0. The number of ether oxygens (including phenoxy) is 2. The monoisotopic (exact) mass is 289 g/mol. The van der Waals surface area contributed by atoms with E-state index in [9.17, 15) is 0 Å². The summed E-state index contributed by atoms with van der Waals surface area (Å²) in [6.07, 6.45) is 5.46. The average molecular weight is 289 g/mol. The maximum Gasteiger partial charge on any atom is 0.0809 e. The zero-order valence-corrected chi connectivity index (χ0v) is 13.1. The molecule has 2 aliphatic heterocycles. The average Bonchev–Trinajstić information content (AvgIpc) is 3.02. The van der Waals surface area contributed by atoms with Crippen molar-refractivity contribution in [3.63, 3.8) is 0 Å². The minimum absolute atomic E-state index is 0.357. The largest absolute Gasteiger partial charge is 0.376 e. The lowest BCUT2D eigenvalue weighted by Gasteiger charge is -2.32. The molecule has 1 aromatic carbocycles. The van der Waals surface area contributed by atoms with Crippen molar-refractivity contribution in [2.45, 2.75) is 51.4 Å². The van der Waals surface area contributed by atoms with Gasteiger partial charge in [0.05, 0.1) is 18.8 Å². The van der Waals surface area contributed by atoms with Gasteiger partial charge in [-0.1, -0.05) is 29.8 Å². The summed E-state index contributed by atoms with van der Waals surface area (Å²) in [5, 5.41) is 0. The molecule has 2 heterocycles. The van der Waals surface area contributed by atoms with Crippen molar-refractivity contribution in [1.29, 1.82) is 0 Å². The molecule has 0 amide bonds. The van der Waals surface area contributed by atoms with E-state index in [4.69, 9.17) is 9.47 Å². The van der Waals surface area contributed by atoms with Gasteiger partial charge in [0, 0.05) is 26.2 Å². The van der Waals surface area contributed by atoms with Crippen LogP contribution in [-0.2, 0) is 16.0 Å². The molecule has 1 aromatic rings. The number of likely N-dealkylation sites (tertiary alicyclic amines) is 1. The quantitative estimate of drug-likeness (QED) is 0.831. The van der Waals surface area contributed by atoms with E-state index in [0.717, 1.165) is 45.7 Å². The Bertz CT molecular complexity index is 417. The maximum absolute atomic E-state index is 6.03. The van der Waals surface area contributed by atoms with Gasteiger partial charge in [0.1, 0.15) is 0 Å². The van der Waals surface area contributed by atoms with E-state index in [0.29, 0.717) is 12.2 Å². The van der Waals surface area contributed by atoms with Gasteiger partial charge in [0.2, 0.25) is 0 Å². The molecule has 2 fully saturated rings. The highest BCUT2D eigenvalue weighted by atomic mass is 16.5. The normalized spacial score (nSPS) is 24.5. The minimum Gasteiger partial charge on any atom is -0.376 e. The van der Waals surface area contributed by atoms with Crippen molar-refractivity contribution in [2.24, 2.45) is 0 Å². The number of benzene rings is 1. The van der Waals surface area contributed by atoms with Crippen LogP contribution in [0.25, 0.3) is 0 Å². The molecule has 3 nitrogen and oxygen atoms in total. The second-order valence-corrected chi connectivity index (χ2v) is 6.43. The van der Waals surface area contributed by atoms with Gasteiger partial charge in [-0.25, -0.2) is 0 Å². The third kappa shape index (κ3) is 4.53. The smallest absolute Gasteiger partial charge is 0.0809 e. The van der Waals surface area contributed by atoms with E-state index in [1.54, 1.807) is 0 Å². The topological polar surface area (TPSA) is 21.7 Å². The molecule has 2 aliphatic rings. The van der Waals surface area contributed by atoms with Gasteiger partial charge < -0.3 is 9.47 Å². The van der Waals surface area contributed by atoms with Crippen LogP contribution in [0.1, 0.15) is 36.8 Å². The van der Waals surface area contributed by atoms with Gasteiger partial charge in [-0.3, -0.25) is 4.90 Å². The summed E-state index contributed by atoms with van der Waals surface area (Å²) in [6, 6.07) is 8.89. The maximum atomic E-state index is 6.03. The van der Waals surface area contributed by atoms with Crippen LogP contribution < -0.4 is 0 Å². The Kier molecular flexibility index (Phi) is 5.28. The number of nitrogens with zero attached hydrogens (tertiary/aromatic N) is 1. The van der Waals surface area contributed by atoms with Crippen molar-refractivity contribution in [2.75, 3.05) is 26.3 Å². The van der Waals surface area contributed by atoms with Crippen molar-refractivity contribution in [3.05, 3.63) is 35.4 Å². The van der Waals surface area contributed by atoms with Gasteiger partial charge in [0.25, 0.3) is 0 Å². The Morgan fingerprint density at radius 1 is 1.14 bits per heavy atom. The third-order valence-corrected chi connectivity index (χ3v) is 4.60. The van der Waals surface area contributed by atoms with Crippen LogP contribution in [-0.4, -0.2) is 43.4 Å². The molecule has 0 unspecified atom stereocenters. The van der Waals surface area contributed by atoms with Gasteiger partial charge in [0.15, 0.2) is 0 Å². The van der Waals surface area contributed by atoms with Gasteiger partial charge in [-0.2, -0.15) is 0 Å². The number of piperidine rings is 1. The van der Waals surface area contributed by atoms with Crippen LogP contribution in [0.2, 0.25) is 0 Å².